The molecule has 0 amide bonds. The molecular weight excluding hydrogens is 242 g/mol. The maximum Gasteiger partial charge on any atom is 0.329 e. The zero-order valence-electron chi connectivity index (χ0n) is 8.36. The number of hydrogen-bond donors (Lipinski definition) is 0. The lowest BCUT2D eigenvalue weighted by Gasteiger charge is -1.92. The van der Waals surface area contributed by atoms with Crippen LogP contribution in [0, 0.1) is 10.1 Å². The number of hydrogen-bond acceptors (Lipinski definition) is 5. The largest absolute Gasteiger partial charge is 0.589 e. The van der Waals surface area contributed by atoms with Crippen molar-refractivity contribution in [1.82, 2.24) is 9.97 Å². The number of benzene rings is 1. The lowest BCUT2D eigenvalue weighted by atomic mass is 10.2. The van der Waals surface area contributed by atoms with Gasteiger partial charge in [-0.1, -0.05) is 6.07 Å². The van der Waals surface area contributed by atoms with Crippen LogP contribution in [0.3, 0.4) is 0 Å². The molecule has 2 aromatic heterocycles. The molecule has 17 heavy (non-hydrogen) atoms. The van der Waals surface area contributed by atoms with Crippen LogP contribution in [0.5, 0.6) is 0 Å². The molecule has 0 saturated heterocycles. The van der Waals surface area contributed by atoms with Crippen molar-refractivity contribution in [3.63, 3.8) is 0 Å². The van der Waals surface area contributed by atoms with E-state index in [1.165, 1.54) is 18.6 Å². The second kappa shape index (κ2) is 3.44. The Balaban J connectivity index is 2.61. The van der Waals surface area contributed by atoms with Crippen molar-refractivity contribution in [3.05, 3.63) is 40.8 Å². The van der Waals surface area contributed by atoms with Gasteiger partial charge >= 0.3 is 5.69 Å². The first-order valence-electron chi connectivity index (χ1n) is 4.69. The van der Waals surface area contributed by atoms with Crippen LogP contribution < -0.4 is 0 Å². The predicted molar refractivity (Wildman–Crippen MR) is 62.4 cm³/mol. The molecule has 0 saturated carbocycles. The molecule has 0 spiro atoms. The molecule has 84 valence electrons. The Labute approximate surface area is 97.5 Å². The van der Waals surface area contributed by atoms with Crippen molar-refractivity contribution >= 4 is 36.7 Å². The number of aromatic nitrogens is 2. The SMILES string of the molecule is O=[N+]([O-])c1cccc2c3ncncc3[s+]([O-])c12. The molecule has 0 aliphatic rings. The molecule has 0 fully saturated rings. The summed E-state index contributed by atoms with van der Waals surface area (Å²) < 4.78 is 12.8. The summed E-state index contributed by atoms with van der Waals surface area (Å²) >= 11 is 0. The summed E-state index contributed by atoms with van der Waals surface area (Å²) in [7, 11) is -1.57. The third-order valence-corrected chi connectivity index (χ3v) is 4.01. The Morgan fingerprint density at radius 2 is 2.18 bits per heavy atom. The van der Waals surface area contributed by atoms with E-state index >= 15 is 0 Å². The topological polar surface area (TPSA) is 92.0 Å². The van der Waals surface area contributed by atoms with Crippen LogP contribution in [0.4, 0.5) is 5.69 Å². The first-order chi connectivity index (χ1) is 8.20. The van der Waals surface area contributed by atoms with Gasteiger partial charge in [-0.25, -0.2) is 9.97 Å². The fourth-order valence-electron chi connectivity index (χ4n) is 1.81. The molecule has 1 aromatic carbocycles. The van der Waals surface area contributed by atoms with E-state index in [0.717, 1.165) is 0 Å². The van der Waals surface area contributed by atoms with Gasteiger partial charge in [0.05, 0.1) is 16.5 Å². The second-order valence-electron chi connectivity index (χ2n) is 3.42. The molecule has 1 unspecified atom stereocenters. The van der Waals surface area contributed by atoms with E-state index in [2.05, 4.69) is 9.97 Å². The van der Waals surface area contributed by atoms with Gasteiger partial charge in [0.1, 0.15) is 11.8 Å². The fraction of sp³-hybridized carbons (Fsp3) is 0. The predicted octanol–water partition coefficient (Wildman–Crippen LogP) is 2.42. The molecule has 6 nitrogen and oxygen atoms in total. The van der Waals surface area contributed by atoms with Crippen LogP contribution in [-0.4, -0.2) is 19.4 Å². The quantitative estimate of drug-likeness (QED) is 0.374. The zero-order valence-corrected chi connectivity index (χ0v) is 9.18. The number of thiophene rings is 1. The van der Waals surface area contributed by atoms with Crippen molar-refractivity contribution < 1.29 is 9.48 Å². The van der Waals surface area contributed by atoms with E-state index in [-0.39, 0.29) is 10.4 Å². The van der Waals surface area contributed by atoms with Gasteiger partial charge < -0.3 is 4.55 Å². The minimum atomic E-state index is -1.57. The third kappa shape index (κ3) is 1.30. The van der Waals surface area contributed by atoms with Gasteiger partial charge in [0.15, 0.2) is 0 Å². The highest BCUT2D eigenvalue weighted by Gasteiger charge is 2.25. The lowest BCUT2D eigenvalue weighted by molar-refractivity contribution is -0.382. The lowest BCUT2D eigenvalue weighted by Crippen LogP contribution is -1.87. The molecule has 1 atom stereocenters. The van der Waals surface area contributed by atoms with Gasteiger partial charge in [-0.15, -0.1) is 0 Å². The monoisotopic (exact) mass is 247 g/mol. The highest BCUT2D eigenvalue weighted by Crippen LogP contribution is 2.43. The first-order valence-corrected chi connectivity index (χ1v) is 5.84. The molecule has 0 radical (unpaired) electrons. The Morgan fingerprint density at radius 3 is 2.94 bits per heavy atom. The van der Waals surface area contributed by atoms with Gasteiger partial charge in [-0.2, -0.15) is 0 Å². The Bertz CT molecular complexity index is 753. The van der Waals surface area contributed by atoms with Crippen LogP contribution in [0.1, 0.15) is 0 Å². The van der Waals surface area contributed by atoms with Crippen LogP contribution in [0.25, 0.3) is 20.3 Å². The normalized spacial score (nSPS) is 12.2. The molecular formula is C10H5N3O3S. The molecule has 7 heteroatoms. The number of non-ortho nitro benzene ring substituents is 1. The maximum atomic E-state index is 12.1. The van der Waals surface area contributed by atoms with Crippen molar-refractivity contribution in [1.29, 1.82) is 0 Å². The summed E-state index contributed by atoms with van der Waals surface area (Å²) in [6.45, 7) is 0. The van der Waals surface area contributed by atoms with Crippen LogP contribution >= 0.6 is 10.8 Å². The highest BCUT2D eigenvalue weighted by atomic mass is 32.2. The van der Waals surface area contributed by atoms with Gasteiger partial charge in [0.25, 0.3) is 4.70 Å². The number of fused-ring (bicyclic) bond motifs is 3. The summed E-state index contributed by atoms with van der Waals surface area (Å²) in [6, 6.07) is 4.58. The molecule has 0 aliphatic carbocycles. The van der Waals surface area contributed by atoms with Crippen molar-refractivity contribution in [3.8, 4) is 0 Å². The van der Waals surface area contributed by atoms with Crippen LogP contribution in [0.2, 0.25) is 0 Å². The van der Waals surface area contributed by atoms with Crippen LogP contribution in [0.15, 0.2) is 30.7 Å². The van der Waals surface area contributed by atoms with Crippen molar-refractivity contribution in [2.45, 2.75) is 0 Å². The summed E-state index contributed by atoms with van der Waals surface area (Å²) in [6.07, 6.45) is 2.77. The summed E-state index contributed by atoms with van der Waals surface area (Å²) in [5.74, 6) is 0. The van der Waals surface area contributed by atoms with E-state index in [4.69, 9.17) is 0 Å². The molecule has 0 aliphatic heterocycles. The van der Waals surface area contributed by atoms with E-state index in [1.54, 1.807) is 12.1 Å². The number of nitro benzene ring substituents is 1. The maximum absolute atomic E-state index is 12.1. The van der Waals surface area contributed by atoms with E-state index in [1.807, 2.05) is 0 Å². The number of rotatable bonds is 1. The molecule has 3 rings (SSSR count). The van der Waals surface area contributed by atoms with E-state index < -0.39 is 15.7 Å². The Morgan fingerprint density at radius 1 is 1.35 bits per heavy atom. The fourth-order valence-corrected chi connectivity index (χ4v) is 3.23. The summed E-state index contributed by atoms with van der Waals surface area (Å²) in [5.41, 5.74) is 0.371. The van der Waals surface area contributed by atoms with Gasteiger partial charge in [0, 0.05) is 6.07 Å². The first kappa shape index (κ1) is 10.1. The molecule has 3 aromatic rings. The smallest absolute Gasteiger partial charge is 0.329 e. The summed E-state index contributed by atoms with van der Waals surface area (Å²) in [4.78, 5) is 18.2. The molecule has 0 bridgehead atoms. The second-order valence-corrected chi connectivity index (χ2v) is 4.80. The minimum Gasteiger partial charge on any atom is -0.589 e. The third-order valence-electron chi connectivity index (χ3n) is 2.51. The van der Waals surface area contributed by atoms with Crippen molar-refractivity contribution in [2.75, 3.05) is 0 Å². The highest BCUT2D eigenvalue weighted by molar-refractivity contribution is 7.38. The minimum absolute atomic E-state index is 0.140. The molecule has 0 N–H and O–H groups in total. The van der Waals surface area contributed by atoms with E-state index in [9.17, 15) is 14.7 Å². The van der Waals surface area contributed by atoms with Gasteiger partial charge in [-0.05, 0) is 16.8 Å². The average Bonchev–Trinajstić information content (AvgIpc) is 2.64. The average molecular weight is 247 g/mol. The van der Waals surface area contributed by atoms with E-state index in [0.29, 0.717) is 15.6 Å². The number of nitrogens with zero attached hydrogens (tertiary/aromatic N) is 3. The summed E-state index contributed by atoms with van der Waals surface area (Å²) in [5, 5.41) is 11.4. The Kier molecular flexibility index (Phi) is 2.03. The van der Waals surface area contributed by atoms with Gasteiger partial charge in [-0.3, -0.25) is 10.1 Å². The van der Waals surface area contributed by atoms with Crippen molar-refractivity contribution in [2.24, 2.45) is 0 Å². The standard InChI is InChI=1S/C10H5N3O3S/c14-13(15)7-3-1-2-6-9-8(4-11-5-12-9)17(16)10(6)7/h1-5H. The van der Waals surface area contributed by atoms with Gasteiger partial charge in [0.2, 0.25) is 4.70 Å². The molecule has 2 heterocycles. The number of nitro groups is 1. The zero-order chi connectivity index (χ0) is 12.0. The Hall–Kier alpha value is -2.12. The van der Waals surface area contributed by atoms with Crippen LogP contribution in [-0.2, 0) is 0 Å².